The molecule has 72 valence electrons. The van der Waals surface area contributed by atoms with Crippen LogP contribution >= 0.6 is 0 Å². The number of hydrogen-bond acceptors (Lipinski definition) is 2. The number of aldehydes is 1. The van der Waals surface area contributed by atoms with E-state index in [1.807, 2.05) is 5.10 Å². The number of alkyl halides is 3. The molecule has 0 amide bonds. The van der Waals surface area contributed by atoms with Gasteiger partial charge >= 0.3 is 6.18 Å². The minimum atomic E-state index is -4.42. The van der Waals surface area contributed by atoms with Crippen molar-refractivity contribution >= 4 is 6.29 Å². The fourth-order valence-electron chi connectivity index (χ4n) is 0.961. The Labute approximate surface area is 71.9 Å². The minimum Gasteiger partial charge on any atom is -0.303 e. The highest BCUT2D eigenvalue weighted by molar-refractivity contribution is 5.50. The van der Waals surface area contributed by atoms with Crippen molar-refractivity contribution < 1.29 is 18.0 Å². The second-order valence-corrected chi connectivity index (χ2v) is 2.47. The molecule has 0 aliphatic rings. The first-order chi connectivity index (χ1) is 6.05. The summed E-state index contributed by atoms with van der Waals surface area (Å²) in [7, 11) is 0. The lowest BCUT2D eigenvalue weighted by Crippen LogP contribution is -2.08. The molecule has 1 aromatic heterocycles. The SMILES string of the molecule is O=CCCc1cn[nH]c1C(F)(F)F. The van der Waals surface area contributed by atoms with Gasteiger partial charge in [0.1, 0.15) is 12.0 Å². The van der Waals surface area contributed by atoms with Crippen molar-refractivity contribution in [3.8, 4) is 0 Å². The van der Waals surface area contributed by atoms with E-state index in [4.69, 9.17) is 0 Å². The Hall–Kier alpha value is -1.33. The fourth-order valence-corrected chi connectivity index (χ4v) is 0.961. The van der Waals surface area contributed by atoms with Crippen LogP contribution in [0.5, 0.6) is 0 Å². The van der Waals surface area contributed by atoms with E-state index in [2.05, 4.69) is 5.10 Å². The van der Waals surface area contributed by atoms with Gasteiger partial charge in [0.2, 0.25) is 0 Å². The molecular formula is C7H7F3N2O. The lowest BCUT2D eigenvalue weighted by molar-refractivity contribution is -0.141. The van der Waals surface area contributed by atoms with Gasteiger partial charge in [-0.3, -0.25) is 5.10 Å². The van der Waals surface area contributed by atoms with Gasteiger partial charge in [-0.15, -0.1) is 0 Å². The van der Waals surface area contributed by atoms with Gasteiger partial charge in [-0.1, -0.05) is 0 Å². The molecule has 0 aliphatic carbocycles. The second kappa shape index (κ2) is 3.59. The van der Waals surface area contributed by atoms with Gasteiger partial charge in [-0.25, -0.2) is 0 Å². The van der Waals surface area contributed by atoms with E-state index in [1.54, 1.807) is 0 Å². The van der Waals surface area contributed by atoms with Crippen LogP contribution in [0.1, 0.15) is 17.7 Å². The first kappa shape index (κ1) is 9.76. The van der Waals surface area contributed by atoms with Crippen LogP contribution in [0.2, 0.25) is 0 Å². The molecule has 6 heteroatoms. The Balaban J connectivity index is 2.83. The Kier molecular flexibility index (Phi) is 2.69. The number of halogens is 3. The van der Waals surface area contributed by atoms with E-state index in [-0.39, 0.29) is 18.4 Å². The number of nitrogens with one attached hydrogen (secondary N) is 1. The summed E-state index contributed by atoms with van der Waals surface area (Å²) in [5, 5.41) is 5.14. The molecule has 3 nitrogen and oxygen atoms in total. The van der Waals surface area contributed by atoms with Crippen molar-refractivity contribution in [2.24, 2.45) is 0 Å². The van der Waals surface area contributed by atoms with Crippen molar-refractivity contribution in [2.75, 3.05) is 0 Å². The van der Waals surface area contributed by atoms with E-state index in [9.17, 15) is 18.0 Å². The van der Waals surface area contributed by atoms with E-state index in [0.29, 0.717) is 6.29 Å². The third-order valence-corrected chi connectivity index (χ3v) is 1.53. The maximum Gasteiger partial charge on any atom is 0.433 e. The molecule has 1 N–H and O–H groups in total. The lowest BCUT2D eigenvalue weighted by atomic mass is 10.1. The van der Waals surface area contributed by atoms with Crippen molar-refractivity contribution in [2.45, 2.75) is 19.0 Å². The molecule has 0 unspecified atom stereocenters. The quantitative estimate of drug-likeness (QED) is 0.738. The Bertz CT molecular complexity index is 292. The molecule has 0 saturated heterocycles. The first-order valence-corrected chi connectivity index (χ1v) is 3.58. The third kappa shape index (κ3) is 2.30. The van der Waals surface area contributed by atoms with Gasteiger partial charge in [0, 0.05) is 12.0 Å². The van der Waals surface area contributed by atoms with E-state index >= 15 is 0 Å². The van der Waals surface area contributed by atoms with Crippen molar-refractivity contribution in [1.29, 1.82) is 0 Å². The van der Waals surface area contributed by atoms with Crippen LogP contribution in [0.15, 0.2) is 6.20 Å². The number of hydrogen-bond donors (Lipinski definition) is 1. The highest BCUT2D eigenvalue weighted by Crippen LogP contribution is 2.30. The van der Waals surface area contributed by atoms with Gasteiger partial charge in [-0.2, -0.15) is 18.3 Å². The topological polar surface area (TPSA) is 45.8 Å². The molecule has 1 rings (SSSR count). The van der Waals surface area contributed by atoms with Crippen molar-refractivity contribution in [3.05, 3.63) is 17.5 Å². The summed E-state index contributed by atoms with van der Waals surface area (Å²) >= 11 is 0. The number of carbonyl (C=O) groups excluding carboxylic acids is 1. The zero-order valence-corrected chi connectivity index (χ0v) is 6.56. The summed E-state index contributed by atoms with van der Waals surface area (Å²) in [5.41, 5.74) is -0.839. The van der Waals surface area contributed by atoms with Crippen molar-refractivity contribution in [3.63, 3.8) is 0 Å². The zero-order chi connectivity index (χ0) is 9.90. The molecule has 1 aromatic rings. The average molecular weight is 192 g/mol. The minimum absolute atomic E-state index is 0.0274. The first-order valence-electron chi connectivity index (χ1n) is 3.58. The normalized spacial score (nSPS) is 11.6. The monoisotopic (exact) mass is 192 g/mol. The van der Waals surface area contributed by atoms with Gasteiger partial charge in [-0.05, 0) is 6.42 Å². The van der Waals surface area contributed by atoms with Crippen molar-refractivity contribution in [1.82, 2.24) is 10.2 Å². The predicted molar refractivity (Wildman–Crippen MR) is 38.0 cm³/mol. The van der Waals surface area contributed by atoms with Crippen LogP contribution in [0.25, 0.3) is 0 Å². The highest BCUT2D eigenvalue weighted by Gasteiger charge is 2.35. The number of nitrogens with zero attached hydrogens (tertiary/aromatic N) is 1. The number of rotatable bonds is 3. The molecule has 0 spiro atoms. The molecule has 0 fully saturated rings. The number of carbonyl (C=O) groups is 1. The third-order valence-electron chi connectivity index (χ3n) is 1.53. The molecule has 0 atom stereocenters. The molecular weight excluding hydrogens is 185 g/mol. The molecule has 0 aromatic carbocycles. The molecule has 0 bridgehead atoms. The van der Waals surface area contributed by atoms with Crippen LogP contribution in [0.3, 0.4) is 0 Å². The van der Waals surface area contributed by atoms with E-state index in [1.165, 1.54) is 0 Å². The Morgan fingerprint density at radius 2 is 2.23 bits per heavy atom. The summed E-state index contributed by atoms with van der Waals surface area (Å²) in [4.78, 5) is 9.95. The van der Waals surface area contributed by atoms with E-state index < -0.39 is 11.9 Å². The summed E-state index contributed by atoms with van der Waals surface area (Å²) < 4.78 is 36.4. The molecule has 13 heavy (non-hydrogen) atoms. The van der Waals surface area contributed by atoms with Gasteiger partial charge in [0.25, 0.3) is 0 Å². The average Bonchev–Trinajstić information content (AvgIpc) is 2.47. The maximum atomic E-state index is 12.1. The largest absolute Gasteiger partial charge is 0.433 e. The van der Waals surface area contributed by atoms with Gasteiger partial charge in [0.05, 0.1) is 6.20 Å². The van der Waals surface area contributed by atoms with Crippen LogP contribution in [-0.4, -0.2) is 16.5 Å². The number of aromatic nitrogens is 2. The summed E-state index contributed by atoms with van der Waals surface area (Å²) in [6.45, 7) is 0. The van der Waals surface area contributed by atoms with Crippen LogP contribution in [0, 0.1) is 0 Å². The summed E-state index contributed by atoms with van der Waals surface area (Å²) in [5.74, 6) is 0. The van der Waals surface area contributed by atoms with E-state index in [0.717, 1.165) is 6.20 Å². The molecule has 0 radical (unpaired) electrons. The van der Waals surface area contributed by atoms with Crippen LogP contribution in [-0.2, 0) is 17.4 Å². The second-order valence-electron chi connectivity index (χ2n) is 2.47. The maximum absolute atomic E-state index is 12.1. The summed E-state index contributed by atoms with van der Waals surface area (Å²) in [6.07, 6.45) is -2.62. The Morgan fingerprint density at radius 3 is 2.77 bits per heavy atom. The number of aryl methyl sites for hydroxylation is 1. The van der Waals surface area contributed by atoms with Gasteiger partial charge in [0.15, 0.2) is 0 Å². The zero-order valence-electron chi connectivity index (χ0n) is 6.56. The predicted octanol–water partition coefficient (Wildman–Crippen LogP) is 1.56. The van der Waals surface area contributed by atoms with Crippen LogP contribution in [0.4, 0.5) is 13.2 Å². The molecule has 0 aliphatic heterocycles. The summed E-state index contributed by atoms with van der Waals surface area (Å²) in [6, 6.07) is 0. The highest BCUT2D eigenvalue weighted by atomic mass is 19.4. The lowest BCUT2D eigenvalue weighted by Gasteiger charge is -2.04. The number of aromatic amines is 1. The number of H-pyrrole nitrogens is 1. The smallest absolute Gasteiger partial charge is 0.303 e. The standard InChI is InChI=1S/C7H7F3N2O/c8-7(9,10)6-5(2-1-3-13)4-11-12-6/h3-4H,1-2H2,(H,11,12). The molecule has 0 saturated carbocycles. The molecule has 1 heterocycles. The van der Waals surface area contributed by atoms with Gasteiger partial charge < -0.3 is 4.79 Å². The fraction of sp³-hybridized carbons (Fsp3) is 0.429. The Morgan fingerprint density at radius 1 is 1.54 bits per heavy atom. The van der Waals surface area contributed by atoms with Crippen LogP contribution < -0.4 is 0 Å².